The number of piperazine rings is 1. The van der Waals surface area contributed by atoms with E-state index in [4.69, 9.17) is 0 Å². The lowest BCUT2D eigenvalue weighted by molar-refractivity contribution is 0.0598. The van der Waals surface area contributed by atoms with Crippen molar-refractivity contribution >= 4 is 0 Å². The summed E-state index contributed by atoms with van der Waals surface area (Å²) in [5, 5.41) is 4.56. The van der Waals surface area contributed by atoms with Gasteiger partial charge >= 0.3 is 0 Å². The van der Waals surface area contributed by atoms with Gasteiger partial charge < -0.3 is 4.90 Å². The van der Waals surface area contributed by atoms with Crippen LogP contribution >= 0.6 is 0 Å². The van der Waals surface area contributed by atoms with Gasteiger partial charge in [0.1, 0.15) is 0 Å². The van der Waals surface area contributed by atoms with E-state index in [-0.39, 0.29) is 0 Å². The number of aryl methyl sites for hydroxylation is 1. The molecule has 2 saturated heterocycles. The van der Waals surface area contributed by atoms with Crippen LogP contribution in [-0.2, 0) is 13.1 Å². The van der Waals surface area contributed by atoms with Crippen LogP contribution in [-0.4, -0.2) is 76.8 Å². The van der Waals surface area contributed by atoms with Crippen molar-refractivity contribution in [3.05, 3.63) is 17.5 Å². The third kappa shape index (κ3) is 4.63. The summed E-state index contributed by atoms with van der Waals surface area (Å²) in [6, 6.07) is 0.741. The molecule has 0 amide bonds. The molecule has 2 fully saturated rings. The van der Waals surface area contributed by atoms with Crippen molar-refractivity contribution in [3.8, 4) is 0 Å². The van der Waals surface area contributed by atoms with E-state index in [0.29, 0.717) is 0 Å². The minimum atomic E-state index is 0.741. The average molecular weight is 348 g/mol. The van der Waals surface area contributed by atoms with Crippen LogP contribution in [0.5, 0.6) is 0 Å². The van der Waals surface area contributed by atoms with Crippen molar-refractivity contribution in [3.63, 3.8) is 0 Å². The second kappa shape index (κ2) is 8.65. The van der Waals surface area contributed by atoms with Crippen molar-refractivity contribution in [2.24, 2.45) is 5.92 Å². The first-order chi connectivity index (χ1) is 12.1. The summed E-state index contributed by atoms with van der Waals surface area (Å²) in [6.07, 6.45) is 5.92. The maximum absolute atomic E-state index is 4.56. The molecule has 5 heteroatoms. The van der Waals surface area contributed by atoms with Gasteiger partial charge in [-0.05, 0) is 59.2 Å². The van der Waals surface area contributed by atoms with E-state index in [1.807, 2.05) is 0 Å². The summed E-state index contributed by atoms with van der Waals surface area (Å²) in [5.74, 6) is 0.864. The lowest BCUT2D eigenvalue weighted by atomic mass is 9.89. The molecule has 1 aromatic rings. The summed E-state index contributed by atoms with van der Waals surface area (Å²) < 4.78 is 2.16. The Bertz CT molecular complexity index is 524. The fraction of sp³-hybridized carbons (Fsp3) is 0.850. The van der Waals surface area contributed by atoms with Crippen LogP contribution in [0, 0.1) is 12.8 Å². The third-order valence-electron chi connectivity index (χ3n) is 6.46. The Hall–Kier alpha value is -0.910. The molecule has 5 nitrogen and oxygen atoms in total. The van der Waals surface area contributed by atoms with Gasteiger partial charge in [0, 0.05) is 56.6 Å². The quantitative estimate of drug-likeness (QED) is 0.790. The smallest absolute Gasteiger partial charge is 0.0537 e. The molecule has 142 valence electrons. The molecule has 0 unspecified atom stereocenters. The van der Waals surface area contributed by atoms with Crippen LogP contribution in [0.4, 0.5) is 0 Å². The molecule has 0 spiro atoms. The molecule has 2 aliphatic rings. The monoisotopic (exact) mass is 347 g/mol. The number of hydrogen-bond donors (Lipinski definition) is 0. The Kier molecular flexibility index (Phi) is 6.53. The van der Waals surface area contributed by atoms with Gasteiger partial charge in [0.15, 0.2) is 0 Å². The Morgan fingerprint density at radius 2 is 1.80 bits per heavy atom. The zero-order valence-corrected chi connectivity index (χ0v) is 16.7. The highest BCUT2D eigenvalue weighted by Gasteiger charge is 2.29. The van der Waals surface area contributed by atoms with Crippen molar-refractivity contribution < 1.29 is 0 Å². The highest BCUT2D eigenvalue weighted by atomic mass is 15.3. The van der Waals surface area contributed by atoms with Crippen LogP contribution in [0.15, 0.2) is 6.20 Å². The first-order valence-corrected chi connectivity index (χ1v) is 10.2. The SMILES string of the molecule is CCCn1ncc(CN2CCC([C@H](C)N3CCN(C)CC3)CC2)c1C. The van der Waals surface area contributed by atoms with Crippen LogP contribution in [0.2, 0.25) is 0 Å². The number of likely N-dealkylation sites (tertiary alicyclic amines) is 1. The number of piperidine rings is 1. The first kappa shape index (κ1) is 18.9. The number of likely N-dealkylation sites (N-methyl/N-ethyl adjacent to an activating group) is 1. The molecule has 1 atom stereocenters. The zero-order chi connectivity index (χ0) is 17.8. The minimum absolute atomic E-state index is 0.741. The Balaban J connectivity index is 1.47. The molecule has 25 heavy (non-hydrogen) atoms. The van der Waals surface area contributed by atoms with Gasteiger partial charge in [0.2, 0.25) is 0 Å². The maximum atomic E-state index is 4.56. The number of nitrogens with zero attached hydrogens (tertiary/aromatic N) is 5. The lowest BCUT2D eigenvalue weighted by Gasteiger charge is -2.42. The summed E-state index contributed by atoms with van der Waals surface area (Å²) in [5.41, 5.74) is 2.77. The Morgan fingerprint density at radius 3 is 2.44 bits per heavy atom. The lowest BCUT2D eigenvalue weighted by Crippen LogP contribution is -2.51. The second-order valence-corrected chi connectivity index (χ2v) is 8.17. The van der Waals surface area contributed by atoms with Gasteiger partial charge in [-0.25, -0.2) is 0 Å². The minimum Gasteiger partial charge on any atom is -0.304 e. The average Bonchev–Trinajstić information content (AvgIpc) is 2.96. The van der Waals surface area contributed by atoms with Crippen LogP contribution < -0.4 is 0 Å². The Morgan fingerprint density at radius 1 is 1.12 bits per heavy atom. The van der Waals surface area contributed by atoms with E-state index in [1.165, 1.54) is 63.4 Å². The molecule has 0 aromatic carbocycles. The van der Waals surface area contributed by atoms with Crippen LogP contribution in [0.3, 0.4) is 0 Å². The van der Waals surface area contributed by atoms with Gasteiger partial charge in [-0.1, -0.05) is 6.92 Å². The van der Waals surface area contributed by atoms with Crippen molar-refractivity contribution in [2.45, 2.75) is 59.2 Å². The molecule has 3 heterocycles. The number of aromatic nitrogens is 2. The van der Waals surface area contributed by atoms with Crippen LogP contribution in [0.1, 0.15) is 44.4 Å². The fourth-order valence-electron chi connectivity index (χ4n) is 4.44. The molecular weight excluding hydrogens is 310 g/mol. The van der Waals surface area contributed by atoms with E-state index in [2.05, 4.69) is 58.5 Å². The highest BCUT2D eigenvalue weighted by Crippen LogP contribution is 2.26. The summed E-state index contributed by atoms with van der Waals surface area (Å²) in [7, 11) is 2.24. The molecule has 2 aliphatic heterocycles. The normalized spacial score (nSPS) is 23.2. The molecule has 0 saturated carbocycles. The zero-order valence-electron chi connectivity index (χ0n) is 16.7. The number of hydrogen-bond acceptors (Lipinski definition) is 4. The van der Waals surface area contributed by atoms with Gasteiger partial charge in [-0.3, -0.25) is 14.5 Å². The fourth-order valence-corrected chi connectivity index (χ4v) is 4.44. The van der Waals surface area contributed by atoms with Gasteiger partial charge in [0.25, 0.3) is 0 Å². The van der Waals surface area contributed by atoms with Crippen molar-refractivity contribution in [1.29, 1.82) is 0 Å². The third-order valence-corrected chi connectivity index (χ3v) is 6.46. The van der Waals surface area contributed by atoms with E-state index < -0.39 is 0 Å². The maximum Gasteiger partial charge on any atom is 0.0537 e. The number of rotatable bonds is 6. The molecule has 1 aromatic heterocycles. The molecule has 0 N–H and O–H groups in total. The van der Waals surface area contributed by atoms with Gasteiger partial charge in [-0.2, -0.15) is 5.10 Å². The first-order valence-electron chi connectivity index (χ1n) is 10.2. The highest BCUT2D eigenvalue weighted by molar-refractivity contribution is 5.16. The van der Waals surface area contributed by atoms with Crippen molar-refractivity contribution in [1.82, 2.24) is 24.5 Å². The molecule has 0 aliphatic carbocycles. The molecule has 0 radical (unpaired) electrons. The van der Waals surface area contributed by atoms with E-state index in [9.17, 15) is 0 Å². The Labute approximate surface area is 154 Å². The van der Waals surface area contributed by atoms with E-state index in [0.717, 1.165) is 31.5 Å². The summed E-state index contributed by atoms with van der Waals surface area (Å²) >= 11 is 0. The van der Waals surface area contributed by atoms with E-state index >= 15 is 0 Å². The predicted molar refractivity (Wildman–Crippen MR) is 104 cm³/mol. The van der Waals surface area contributed by atoms with Gasteiger partial charge in [-0.15, -0.1) is 0 Å². The molecular formula is C20H37N5. The van der Waals surface area contributed by atoms with Crippen LogP contribution in [0.25, 0.3) is 0 Å². The molecule has 3 rings (SSSR count). The summed E-state index contributed by atoms with van der Waals surface area (Å²) in [6.45, 7) is 16.4. The van der Waals surface area contributed by atoms with Crippen molar-refractivity contribution in [2.75, 3.05) is 46.3 Å². The van der Waals surface area contributed by atoms with E-state index in [1.54, 1.807) is 0 Å². The largest absolute Gasteiger partial charge is 0.304 e. The topological polar surface area (TPSA) is 27.5 Å². The van der Waals surface area contributed by atoms with Gasteiger partial charge in [0.05, 0.1) is 6.20 Å². The second-order valence-electron chi connectivity index (χ2n) is 8.17. The predicted octanol–water partition coefficient (Wildman–Crippen LogP) is 2.45. The summed E-state index contributed by atoms with van der Waals surface area (Å²) in [4.78, 5) is 7.81. The standard InChI is InChI=1S/C20H37N5/c1-5-8-25-18(3)20(15-21-25)16-23-9-6-19(7-10-23)17(2)24-13-11-22(4)12-14-24/h15,17,19H,5-14,16H2,1-4H3/t17-/m0/s1. The molecule has 0 bridgehead atoms.